The van der Waals surface area contributed by atoms with Crippen LogP contribution in [0.4, 0.5) is 13.2 Å². The first-order chi connectivity index (χ1) is 23.0. The number of thiophene rings is 1. The standard InChI is InChI=1S/C38H35BrClF3N2O2S/c1-37(29-13-4-2-5-14-29,30-15-6-3-7-16-30)45(26-28-12-9-18-33(36(28)40)38(41,42)43)21-10-22-47-31-17-8-11-27(23-31)24-35(46)44-25-32-19-20-34(39)48-32/h2-9,11-20,23H,10,21-22,24-26H2,1H3,(H,44,46). The molecule has 1 amide bonds. The summed E-state index contributed by atoms with van der Waals surface area (Å²) in [6.45, 7) is 3.59. The highest BCUT2D eigenvalue weighted by molar-refractivity contribution is 9.11. The van der Waals surface area contributed by atoms with Crippen LogP contribution >= 0.6 is 38.9 Å². The molecule has 0 saturated heterocycles. The van der Waals surface area contributed by atoms with E-state index in [0.29, 0.717) is 37.4 Å². The third-order valence-corrected chi connectivity index (χ3v) is 10.3. The third kappa shape index (κ3) is 9.08. The van der Waals surface area contributed by atoms with Crippen LogP contribution in [0.5, 0.6) is 5.75 Å². The van der Waals surface area contributed by atoms with Gasteiger partial charge in [-0.15, -0.1) is 11.3 Å². The molecule has 0 aliphatic heterocycles. The number of hydrogen-bond acceptors (Lipinski definition) is 4. The van der Waals surface area contributed by atoms with Gasteiger partial charge in [0.25, 0.3) is 0 Å². The minimum atomic E-state index is -4.56. The summed E-state index contributed by atoms with van der Waals surface area (Å²) in [5.41, 5.74) is 1.67. The SMILES string of the molecule is CC(c1ccccc1)(c1ccccc1)N(CCCOc1cccc(CC(=O)NCc2ccc(Br)s2)c1)Cc1cccc(C(F)(F)F)c1Cl. The molecule has 5 rings (SSSR count). The molecule has 0 spiro atoms. The Kier molecular flexibility index (Phi) is 12.0. The highest BCUT2D eigenvalue weighted by Crippen LogP contribution is 2.40. The van der Waals surface area contributed by atoms with Gasteiger partial charge in [0, 0.05) is 18.0 Å². The number of hydrogen-bond donors (Lipinski definition) is 1. The highest BCUT2D eigenvalue weighted by atomic mass is 79.9. The van der Waals surface area contributed by atoms with Crippen molar-refractivity contribution in [3.8, 4) is 5.75 Å². The molecule has 0 bridgehead atoms. The van der Waals surface area contributed by atoms with E-state index in [4.69, 9.17) is 16.3 Å². The van der Waals surface area contributed by atoms with Gasteiger partial charge in [-0.25, -0.2) is 0 Å². The van der Waals surface area contributed by atoms with Gasteiger partial charge in [-0.2, -0.15) is 13.2 Å². The van der Waals surface area contributed by atoms with E-state index in [2.05, 4.69) is 33.1 Å². The van der Waals surface area contributed by atoms with Crippen LogP contribution in [-0.2, 0) is 36.0 Å². The smallest absolute Gasteiger partial charge is 0.417 e. The number of alkyl halides is 3. The molecule has 10 heteroatoms. The number of halogens is 5. The summed E-state index contributed by atoms with van der Waals surface area (Å²) in [7, 11) is 0. The monoisotopic (exact) mass is 754 g/mol. The normalized spacial score (nSPS) is 11.9. The minimum absolute atomic E-state index is 0.0818. The summed E-state index contributed by atoms with van der Waals surface area (Å²) in [5, 5.41) is 2.66. The van der Waals surface area contributed by atoms with Crippen molar-refractivity contribution in [1.29, 1.82) is 0 Å². The van der Waals surface area contributed by atoms with E-state index >= 15 is 0 Å². The van der Waals surface area contributed by atoms with E-state index in [9.17, 15) is 18.0 Å². The highest BCUT2D eigenvalue weighted by Gasteiger charge is 2.38. The van der Waals surface area contributed by atoms with E-state index in [1.807, 2.05) is 97.1 Å². The van der Waals surface area contributed by atoms with E-state index in [1.165, 1.54) is 6.07 Å². The van der Waals surface area contributed by atoms with Crippen LogP contribution in [0.15, 0.2) is 119 Å². The first kappa shape index (κ1) is 35.7. The number of ether oxygens (including phenoxy) is 1. The second-order valence-electron chi connectivity index (χ2n) is 11.5. The van der Waals surface area contributed by atoms with Crippen molar-refractivity contribution < 1.29 is 22.7 Å². The van der Waals surface area contributed by atoms with Crippen LogP contribution < -0.4 is 10.1 Å². The maximum absolute atomic E-state index is 13.8. The van der Waals surface area contributed by atoms with Gasteiger partial charge in [0.1, 0.15) is 5.75 Å². The second kappa shape index (κ2) is 16.2. The maximum Gasteiger partial charge on any atom is 0.417 e. The maximum atomic E-state index is 13.8. The van der Waals surface area contributed by atoms with Crippen LogP contribution in [0.2, 0.25) is 5.02 Å². The molecule has 4 nitrogen and oxygen atoms in total. The second-order valence-corrected chi connectivity index (χ2v) is 14.4. The van der Waals surface area contributed by atoms with E-state index in [1.54, 1.807) is 17.4 Å². The fraction of sp³-hybridized carbons (Fsp3) is 0.237. The molecule has 4 aromatic carbocycles. The molecule has 1 aromatic heterocycles. The molecule has 0 fully saturated rings. The van der Waals surface area contributed by atoms with Crippen LogP contribution in [-0.4, -0.2) is 24.0 Å². The molecule has 0 saturated carbocycles. The predicted octanol–water partition coefficient (Wildman–Crippen LogP) is 10.3. The van der Waals surface area contributed by atoms with Crippen LogP contribution in [0.3, 0.4) is 0 Å². The number of rotatable bonds is 14. The van der Waals surface area contributed by atoms with Gasteiger partial charge < -0.3 is 10.1 Å². The summed E-state index contributed by atoms with van der Waals surface area (Å²) >= 11 is 11.4. The molecule has 1 N–H and O–H groups in total. The Hall–Kier alpha value is -3.63. The Morgan fingerprint density at radius 1 is 0.896 bits per heavy atom. The van der Waals surface area contributed by atoms with Gasteiger partial charge in [0.05, 0.1) is 39.5 Å². The van der Waals surface area contributed by atoms with Crippen LogP contribution in [0.25, 0.3) is 0 Å². The van der Waals surface area contributed by atoms with Crippen molar-refractivity contribution in [3.63, 3.8) is 0 Å². The third-order valence-electron chi connectivity index (χ3n) is 8.24. The van der Waals surface area contributed by atoms with Crippen molar-refractivity contribution in [3.05, 3.63) is 157 Å². The van der Waals surface area contributed by atoms with Crippen molar-refractivity contribution in [1.82, 2.24) is 10.2 Å². The van der Waals surface area contributed by atoms with Gasteiger partial charge in [-0.3, -0.25) is 9.69 Å². The molecule has 0 radical (unpaired) electrons. The fourth-order valence-corrected chi connectivity index (χ4v) is 7.43. The van der Waals surface area contributed by atoms with Crippen molar-refractivity contribution in [2.24, 2.45) is 0 Å². The van der Waals surface area contributed by atoms with Crippen LogP contribution in [0, 0.1) is 0 Å². The Morgan fingerprint density at radius 2 is 1.56 bits per heavy atom. The molecular weight excluding hydrogens is 721 g/mol. The topological polar surface area (TPSA) is 41.6 Å². The summed E-state index contributed by atoms with van der Waals surface area (Å²) in [6, 6.07) is 35.3. The minimum Gasteiger partial charge on any atom is -0.494 e. The Labute approximate surface area is 296 Å². The zero-order valence-electron chi connectivity index (χ0n) is 26.3. The lowest BCUT2D eigenvalue weighted by atomic mass is 9.82. The lowest BCUT2D eigenvalue weighted by Crippen LogP contribution is -2.45. The molecule has 0 aliphatic carbocycles. The molecule has 0 unspecified atom stereocenters. The molecular formula is C38H35BrClF3N2O2S. The largest absolute Gasteiger partial charge is 0.494 e. The van der Waals surface area contributed by atoms with E-state index in [-0.39, 0.29) is 23.9 Å². The molecule has 1 heterocycles. The van der Waals surface area contributed by atoms with Crippen molar-refractivity contribution >= 4 is 44.8 Å². The summed E-state index contributed by atoms with van der Waals surface area (Å²) < 4.78 is 48.6. The van der Waals surface area contributed by atoms with Crippen molar-refractivity contribution in [2.45, 2.75) is 44.6 Å². The molecule has 5 aromatic rings. The fourth-order valence-electron chi connectivity index (χ4n) is 5.72. The number of nitrogens with one attached hydrogen (secondary N) is 1. The number of carbonyl (C=O) groups is 1. The van der Waals surface area contributed by atoms with Gasteiger partial charge in [-0.1, -0.05) is 96.5 Å². The zero-order chi connectivity index (χ0) is 34.1. The molecule has 0 aliphatic rings. The zero-order valence-corrected chi connectivity index (χ0v) is 29.4. The predicted molar refractivity (Wildman–Crippen MR) is 190 cm³/mol. The Balaban J connectivity index is 1.32. The number of nitrogens with zero attached hydrogens (tertiary/aromatic N) is 1. The molecule has 250 valence electrons. The Morgan fingerprint density at radius 3 is 2.19 bits per heavy atom. The Bertz CT molecular complexity index is 1760. The first-order valence-electron chi connectivity index (χ1n) is 15.5. The van der Waals surface area contributed by atoms with Gasteiger partial charge in [0.2, 0.25) is 5.91 Å². The van der Waals surface area contributed by atoms with Gasteiger partial charge in [0.15, 0.2) is 0 Å². The van der Waals surface area contributed by atoms with Gasteiger partial charge in [-0.05, 0) is 81.9 Å². The molecule has 48 heavy (non-hydrogen) atoms. The van der Waals surface area contributed by atoms with E-state index < -0.39 is 17.3 Å². The molecule has 0 atom stereocenters. The lowest BCUT2D eigenvalue weighted by Gasteiger charge is -2.43. The number of benzene rings is 4. The summed E-state index contributed by atoms with van der Waals surface area (Å²) in [5.74, 6) is 0.561. The lowest BCUT2D eigenvalue weighted by molar-refractivity contribution is -0.137. The summed E-state index contributed by atoms with van der Waals surface area (Å²) in [4.78, 5) is 15.8. The first-order valence-corrected chi connectivity index (χ1v) is 17.5. The number of amides is 1. The van der Waals surface area contributed by atoms with Gasteiger partial charge >= 0.3 is 6.18 Å². The van der Waals surface area contributed by atoms with Crippen molar-refractivity contribution in [2.75, 3.05) is 13.2 Å². The average Bonchev–Trinajstić information content (AvgIpc) is 3.51. The van der Waals surface area contributed by atoms with Crippen LogP contribution in [0.1, 0.15) is 46.0 Å². The quantitative estimate of drug-likeness (QED) is 0.115. The number of carbonyl (C=O) groups excluding carboxylic acids is 1. The average molecular weight is 756 g/mol. The summed E-state index contributed by atoms with van der Waals surface area (Å²) in [6.07, 6.45) is -3.76. The van der Waals surface area contributed by atoms with E-state index in [0.717, 1.165) is 31.4 Å².